The zero-order valence-electron chi connectivity index (χ0n) is 10.7. The maximum Gasteiger partial charge on any atom is 0.137 e. The summed E-state index contributed by atoms with van der Waals surface area (Å²) in [7, 11) is 0. The number of rotatable bonds is 3. The molecule has 1 aliphatic heterocycles. The fourth-order valence-corrected chi connectivity index (χ4v) is 3.20. The minimum absolute atomic E-state index is 0.0317. The van der Waals surface area contributed by atoms with Gasteiger partial charge in [0.05, 0.1) is 12.7 Å². The highest BCUT2D eigenvalue weighted by atomic mass is 16.5. The highest BCUT2D eigenvalue weighted by Gasteiger charge is 2.38. The molecule has 2 aliphatic rings. The number of aliphatic hydroxyl groups excluding tert-OH is 1. The van der Waals surface area contributed by atoms with Crippen molar-refractivity contribution in [2.75, 3.05) is 13.2 Å². The summed E-state index contributed by atoms with van der Waals surface area (Å²) in [6.07, 6.45) is 5.19. The smallest absolute Gasteiger partial charge is 0.137 e. The molecule has 1 saturated carbocycles. The quantitative estimate of drug-likeness (QED) is 0.889. The van der Waals surface area contributed by atoms with E-state index in [0.29, 0.717) is 6.04 Å². The Hall–Kier alpha value is -0.900. The lowest BCUT2D eigenvalue weighted by atomic mass is 10.1. The summed E-state index contributed by atoms with van der Waals surface area (Å²) in [5, 5.41) is 9.34. The Morgan fingerprint density at radius 1 is 1.17 bits per heavy atom. The number of nitrogens with zero attached hydrogens (tertiary/aromatic N) is 1. The van der Waals surface area contributed by atoms with Crippen LogP contribution < -0.4 is 0 Å². The summed E-state index contributed by atoms with van der Waals surface area (Å²) >= 11 is 0. The van der Waals surface area contributed by atoms with Gasteiger partial charge in [-0.15, -0.1) is 0 Å². The van der Waals surface area contributed by atoms with E-state index in [9.17, 15) is 5.11 Å². The van der Waals surface area contributed by atoms with Crippen LogP contribution in [0.25, 0.3) is 0 Å². The van der Waals surface area contributed by atoms with Crippen LogP contribution in [0.5, 0.6) is 0 Å². The molecular formula is C15H21NO2. The van der Waals surface area contributed by atoms with Crippen LogP contribution in [0, 0.1) is 0 Å². The normalized spacial score (nSPS) is 30.1. The second-order valence-corrected chi connectivity index (χ2v) is 5.34. The average molecular weight is 247 g/mol. The SMILES string of the molecule is OCC1CN(C2CCCC2)C(c2ccccc2)O1. The second kappa shape index (κ2) is 5.39. The average Bonchev–Trinajstić information content (AvgIpc) is 3.08. The van der Waals surface area contributed by atoms with E-state index in [1.54, 1.807) is 0 Å². The van der Waals surface area contributed by atoms with E-state index in [1.165, 1.54) is 31.2 Å². The van der Waals surface area contributed by atoms with E-state index in [-0.39, 0.29) is 18.9 Å². The Balaban J connectivity index is 1.81. The first kappa shape index (κ1) is 12.2. The molecule has 1 aromatic carbocycles. The number of aliphatic hydroxyl groups is 1. The van der Waals surface area contributed by atoms with Crippen molar-refractivity contribution in [3.05, 3.63) is 35.9 Å². The van der Waals surface area contributed by atoms with Gasteiger partial charge in [-0.05, 0) is 18.4 Å². The van der Waals surface area contributed by atoms with Crippen molar-refractivity contribution in [1.29, 1.82) is 0 Å². The molecule has 0 spiro atoms. The van der Waals surface area contributed by atoms with Gasteiger partial charge >= 0.3 is 0 Å². The Kier molecular flexibility index (Phi) is 3.64. The number of benzene rings is 1. The molecule has 0 bridgehead atoms. The van der Waals surface area contributed by atoms with Crippen molar-refractivity contribution in [3.8, 4) is 0 Å². The fraction of sp³-hybridized carbons (Fsp3) is 0.600. The summed E-state index contributed by atoms with van der Waals surface area (Å²) in [5.41, 5.74) is 1.21. The third-order valence-corrected chi connectivity index (χ3v) is 4.12. The summed E-state index contributed by atoms with van der Waals surface area (Å²) in [6, 6.07) is 11.0. The van der Waals surface area contributed by atoms with Crippen LogP contribution in [0.4, 0.5) is 0 Å². The van der Waals surface area contributed by atoms with E-state index in [0.717, 1.165) is 6.54 Å². The molecule has 3 nitrogen and oxygen atoms in total. The third-order valence-electron chi connectivity index (χ3n) is 4.12. The van der Waals surface area contributed by atoms with E-state index < -0.39 is 0 Å². The maximum absolute atomic E-state index is 9.34. The molecule has 1 saturated heterocycles. The van der Waals surface area contributed by atoms with Gasteiger partial charge in [0, 0.05) is 12.6 Å². The maximum atomic E-state index is 9.34. The molecule has 0 radical (unpaired) electrons. The van der Waals surface area contributed by atoms with Crippen LogP contribution in [0.2, 0.25) is 0 Å². The zero-order chi connectivity index (χ0) is 12.4. The molecule has 2 atom stereocenters. The molecule has 18 heavy (non-hydrogen) atoms. The van der Waals surface area contributed by atoms with Gasteiger partial charge in [0.1, 0.15) is 6.23 Å². The Labute approximate surface area is 108 Å². The molecule has 0 amide bonds. The molecule has 2 fully saturated rings. The Bertz CT molecular complexity index is 375. The number of hydrogen-bond acceptors (Lipinski definition) is 3. The fourth-order valence-electron chi connectivity index (χ4n) is 3.20. The minimum atomic E-state index is -0.0317. The van der Waals surface area contributed by atoms with Crippen molar-refractivity contribution in [2.24, 2.45) is 0 Å². The first-order valence-electron chi connectivity index (χ1n) is 6.95. The highest BCUT2D eigenvalue weighted by molar-refractivity contribution is 5.18. The number of hydrogen-bond donors (Lipinski definition) is 1. The first-order valence-corrected chi connectivity index (χ1v) is 6.95. The molecule has 0 aromatic heterocycles. The minimum Gasteiger partial charge on any atom is -0.394 e. The molecule has 3 heteroatoms. The largest absolute Gasteiger partial charge is 0.394 e. The monoisotopic (exact) mass is 247 g/mol. The third kappa shape index (κ3) is 2.30. The van der Waals surface area contributed by atoms with Gasteiger partial charge < -0.3 is 9.84 Å². The molecule has 98 valence electrons. The van der Waals surface area contributed by atoms with Crippen LogP contribution in [0.15, 0.2) is 30.3 Å². The van der Waals surface area contributed by atoms with Gasteiger partial charge in [0.2, 0.25) is 0 Å². The lowest BCUT2D eigenvalue weighted by Gasteiger charge is -2.28. The van der Waals surface area contributed by atoms with Gasteiger partial charge in [0.15, 0.2) is 0 Å². The van der Waals surface area contributed by atoms with E-state index in [4.69, 9.17) is 4.74 Å². The molecule has 3 rings (SSSR count). The molecule has 2 unspecified atom stereocenters. The second-order valence-electron chi connectivity index (χ2n) is 5.34. The lowest BCUT2D eigenvalue weighted by molar-refractivity contribution is -0.0296. The van der Waals surface area contributed by atoms with Gasteiger partial charge in [-0.2, -0.15) is 0 Å². The zero-order valence-corrected chi connectivity index (χ0v) is 10.7. The van der Waals surface area contributed by atoms with Gasteiger partial charge in [0.25, 0.3) is 0 Å². The van der Waals surface area contributed by atoms with Crippen LogP contribution >= 0.6 is 0 Å². The van der Waals surface area contributed by atoms with Crippen LogP contribution in [-0.4, -0.2) is 35.3 Å². The Morgan fingerprint density at radius 2 is 1.89 bits per heavy atom. The predicted molar refractivity (Wildman–Crippen MR) is 70.1 cm³/mol. The van der Waals surface area contributed by atoms with Crippen LogP contribution in [0.3, 0.4) is 0 Å². The van der Waals surface area contributed by atoms with Crippen LogP contribution in [-0.2, 0) is 4.74 Å². The predicted octanol–water partition coefficient (Wildman–Crippen LogP) is 2.32. The van der Waals surface area contributed by atoms with Crippen molar-refractivity contribution in [1.82, 2.24) is 4.90 Å². The Morgan fingerprint density at radius 3 is 2.56 bits per heavy atom. The number of ether oxygens (including phenoxy) is 1. The van der Waals surface area contributed by atoms with Crippen molar-refractivity contribution >= 4 is 0 Å². The van der Waals surface area contributed by atoms with E-state index in [1.807, 2.05) is 6.07 Å². The standard InChI is InChI=1S/C15H21NO2/c17-11-14-10-16(13-8-4-5-9-13)15(18-14)12-6-2-1-3-7-12/h1-3,6-7,13-15,17H,4-5,8-11H2. The molecule has 1 N–H and O–H groups in total. The van der Waals surface area contributed by atoms with Gasteiger partial charge in [-0.3, -0.25) is 4.90 Å². The summed E-state index contributed by atoms with van der Waals surface area (Å²) in [5.74, 6) is 0. The van der Waals surface area contributed by atoms with Crippen molar-refractivity contribution in [2.45, 2.75) is 44.1 Å². The lowest BCUT2D eigenvalue weighted by Crippen LogP contribution is -2.34. The topological polar surface area (TPSA) is 32.7 Å². The molecule has 1 aromatic rings. The van der Waals surface area contributed by atoms with Gasteiger partial charge in [-0.1, -0.05) is 43.2 Å². The molecule has 1 aliphatic carbocycles. The highest BCUT2D eigenvalue weighted by Crippen LogP contribution is 2.36. The summed E-state index contributed by atoms with van der Waals surface area (Å²) < 4.78 is 6.00. The van der Waals surface area contributed by atoms with Crippen LogP contribution in [0.1, 0.15) is 37.5 Å². The van der Waals surface area contributed by atoms with Crippen molar-refractivity contribution in [3.63, 3.8) is 0 Å². The van der Waals surface area contributed by atoms with E-state index >= 15 is 0 Å². The molecular weight excluding hydrogens is 226 g/mol. The van der Waals surface area contributed by atoms with Gasteiger partial charge in [-0.25, -0.2) is 0 Å². The first-order chi connectivity index (χ1) is 8.88. The summed E-state index contributed by atoms with van der Waals surface area (Å²) in [6.45, 7) is 0.979. The van der Waals surface area contributed by atoms with Crippen molar-refractivity contribution < 1.29 is 9.84 Å². The molecule has 1 heterocycles. The summed E-state index contributed by atoms with van der Waals surface area (Å²) in [4.78, 5) is 2.45. The van der Waals surface area contributed by atoms with E-state index in [2.05, 4.69) is 29.2 Å².